The van der Waals surface area contributed by atoms with Gasteiger partial charge in [0, 0.05) is 32.2 Å². The third-order valence-electron chi connectivity index (χ3n) is 6.03. The standard InChI is InChI=1S/C19H24N4O4S2/c1-14-17(28-21-20-14)18(24)22-9-6-19(13-22)7-10-23(11-8-19)29(25,26)16-5-3-4-15(12-16)27-2/h3-5,12H,6-11,13H2,1-2H3. The second kappa shape index (κ2) is 7.66. The number of piperidine rings is 1. The van der Waals surface area contributed by atoms with Crippen molar-refractivity contribution in [2.45, 2.75) is 31.1 Å². The van der Waals surface area contributed by atoms with Gasteiger partial charge in [-0.3, -0.25) is 4.79 Å². The maximum atomic E-state index is 13.0. The number of methoxy groups -OCH3 is 1. The van der Waals surface area contributed by atoms with E-state index in [0.717, 1.165) is 30.8 Å². The summed E-state index contributed by atoms with van der Waals surface area (Å²) >= 11 is 1.13. The molecule has 1 aromatic carbocycles. The van der Waals surface area contributed by atoms with Crippen LogP contribution in [-0.2, 0) is 10.0 Å². The molecule has 4 rings (SSSR count). The second-order valence-corrected chi connectivity index (χ2v) is 10.4. The molecule has 1 amide bonds. The maximum Gasteiger partial charge on any atom is 0.267 e. The van der Waals surface area contributed by atoms with Crippen LogP contribution in [0.15, 0.2) is 29.2 Å². The largest absolute Gasteiger partial charge is 0.497 e. The highest BCUT2D eigenvalue weighted by atomic mass is 32.2. The summed E-state index contributed by atoms with van der Waals surface area (Å²) in [5.74, 6) is 0.512. The summed E-state index contributed by atoms with van der Waals surface area (Å²) in [6.07, 6.45) is 2.40. The second-order valence-electron chi connectivity index (χ2n) is 7.75. The zero-order valence-corrected chi connectivity index (χ0v) is 18.1. The summed E-state index contributed by atoms with van der Waals surface area (Å²) in [7, 11) is -2.03. The number of carbonyl (C=O) groups is 1. The van der Waals surface area contributed by atoms with Crippen molar-refractivity contribution >= 4 is 27.5 Å². The Balaban J connectivity index is 1.43. The van der Waals surface area contributed by atoms with E-state index in [4.69, 9.17) is 4.74 Å². The van der Waals surface area contributed by atoms with E-state index >= 15 is 0 Å². The van der Waals surface area contributed by atoms with Gasteiger partial charge in [-0.25, -0.2) is 8.42 Å². The Hall–Kier alpha value is -2.04. The molecule has 2 aliphatic rings. The van der Waals surface area contributed by atoms with Crippen LogP contribution in [0.4, 0.5) is 0 Å². The lowest BCUT2D eigenvalue weighted by Crippen LogP contribution is -2.44. The predicted octanol–water partition coefficient (Wildman–Crippen LogP) is 2.17. The summed E-state index contributed by atoms with van der Waals surface area (Å²) in [5, 5.41) is 3.93. The monoisotopic (exact) mass is 436 g/mol. The molecule has 2 aliphatic heterocycles. The first-order valence-electron chi connectivity index (χ1n) is 9.57. The molecule has 0 radical (unpaired) electrons. The van der Waals surface area contributed by atoms with Gasteiger partial charge in [0.1, 0.15) is 10.6 Å². The lowest BCUT2D eigenvalue weighted by Gasteiger charge is -2.38. The Bertz CT molecular complexity index is 1010. The number of hydrogen-bond acceptors (Lipinski definition) is 7. The average molecular weight is 437 g/mol. The predicted molar refractivity (Wildman–Crippen MR) is 109 cm³/mol. The summed E-state index contributed by atoms with van der Waals surface area (Å²) < 4.78 is 36.6. The van der Waals surface area contributed by atoms with Crippen molar-refractivity contribution in [1.29, 1.82) is 0 Å². The number of likely N-dealkylation sites (tertiary alicyclic amines) is 1. The number of amides is 1. The lowest BCUT2D eigenvalue weighted by molar-refractivity contribution is 0.0754. The highest BCUT2D eigenvalue weighted by Crippen LogP contribution is 2.42. The molecule has 2 aromatic rings. The fourth-order valence-electron chi connectivity index (χ4n) is 4.20. The van der Waals surface area contributed by atoms with Crippen LogP contribution in [0.1, 0.15) is 34.6 Å². The zero-order chi connectivity index (χ0) is 20.6. The van der Waals surface area contributed by atoms with Crippen molar-refractivity contribution in [1.82, 2.24) is 18.8 Å². The topological polar surface area (TPSA) is 92.7 Å². The summed E-state index contributed by atoms with van der Waals surface area (Å²) in [5.41, 5.74) is 0.655. The Morgan fingerprint density at radius 1 is 1.21 bits per heavy atom. The van der Waals surface area contributed by atoms with Gasteiger partial charge < -0.3 is 9.64 Å². The van der Waals surface area contributed by atoms with Gasteiger partial charge >= 0.3 is 0 Å². The Labute approximate surface area is 174 Å². The first kappa shape index (κ1) is 20.2. The van der Waals surface area contributed by atoms with Crippen LogP contribution >= 0.6 is 11.5 Å². The van der Waals surface area contributed by atoms with Gasteiger partial charge in [-0.15, -0.1) is 5.10 Å². The molecule has 0 saturated carbocycles. The van der Waals surface area contributed by atoms with Gasteiger partial charge in [0.15, 0.2) is 0 Å². The van der Waals surface area contributed by atoms with Crippen LogP contribution in [0.3, 0.4) is 0 Å². The molecule has 0 bridgehead atoms. The van der Waals surface area contributed by atoms with Crippen molar-refractivity contribution in [2.75, 3.05) is 33.3 Å². The van der Waals surface area contributed by atoms with Crippen LogP contribution in [0.5, 0.6) is 5.75 Å². The Morgan fingerprint density at radius 3 is 2.59 bits per heavy atom. The van der Waals surface area contributed by atoms with Crippen LogP contribution in [0.2, 0.25) is 0 Å². The van der Waals surface area contributed by atoms with E-state index in [2.05, 4.69) is 9.59 Å². The number of aromatic nitrogens is 2. The van der Waals surface area contributed by atoms with Crippen molar-refractivity contribution < 1.29 is 17.9 Å². The number of ether oxygens (including phenoxy) is 1. The number of rotatable bonds is 4. The third kappa shape index (κ3) is 3.76. The van der Waals surface area contributed by atoms with Gasteiger partial charge in [0.05, 0.1) is 17.7 Å². The van der Waals surface area contributed by atoms with Gasteiger partial charge in [-0.05, 0) is 55.3 Å². The quantitative estimate of drug-likeness (QED) is 0.729. The Kier molecular flexibility index (Phi) is 5.34. The fourth-order valence-corrected chi connectivity index (χ4v) is 6.30. The highest BCUT2D eigenvalue weighted by Gasteiger charge is 2.44. The molecule has 0 aliphatic carbocycles. The molecule has 0 atom stereocenters. The fraction of sp³-hybridized carbons (Fsp3) is 0.526. The van der Waals surface area contributed by atoms with Gasteiger partial charge in [-0.2, -0.15) is 4.31 Å². The highest BCUT2D eigenvalue weighted by molar-refractivity contribution is 7.89. The van der Waals surface area contributed by atoms with E-state index in [-0.39, 0.29) is 16.2 Å². The molecular formula is C19H24N4O4S2. The van der Waals surface area contributed by atoms with Gasteiger partial charge in [0.2, 0.25) is 10.0 Å². The van der Waals surface area contributed by atoms with Crippen molar-refractivity contribution in [2.24, 2.45) is 5.41 Å². The van der Waals surface area contributed by atoms with Crippen molar-refractivity contribution in [3.63, 3.8) is 0 Å². The molecule has 3 heterocycles. The third-order valence-corrected chi connectivity index (χ3v) is 8.74. The molecule has 0 N–H and O–H groups in total. The number of nitrogens with zero attached hydrogens (tertiary/aromatic N) is 4. The summed E-state index contributed by atoms with van der Waals surface area (Å²) in [4.78, 5) is 15.5. The van der Waals surface area contributed by atoms with Crippen molar-refractivity contribution in [3.05, 3.63) is 34.8 Å². The first-order valence-corrected chi connectivity index (χ1v) is 11.8. The molecule has 8 nitrogen and oxygen atoms in total. The SMILES string of the molecule is COc1cccc(S(=O)(=O)N2CCC3(CCN(C(=O)c4snnc4C)C3)CC2)c1. The number of aryl methyl sites for hydroxylation is 1. The van der Waals surface area contributed by atoms with Crippen LogP contribution in [0.25, 0.3) is 0 Å². The number of carbonyl (C=O) groups excluding carboxylic acids is 1. The van der Waals surface area contributed by atoms with E-state index < -0.39 is 10.0 Å². The summed E-state index contributed by atoms with van der Waals surface area (Å²) in [6, 6.07) is 6.58. The molecular weight excluding hydrogens is 412 g/mol. The molecule has 0 unspecified atom stereocenters. The molecule has 156 valence electrons. The number of benzene rings is 1. The smallest absolute Gasteiger partial charge is 0.267 e. The first-order chi connectivity index (χ1) is 13.8. The van der Waals surface area contributed by atoms with Gasteiger partial charge in [-0.1, -0.05) is 10.6 Å². The molecule has 2 saturated heterocycles. The number of sulfonamides is 1. The summed E-state index contributed by atoms with van der Waals surface area (Å²) in [6.45, 7) is 4.07. The number of hydrogen-bond donors (Lipinski definition) is 0. The molecule has 2 fully saturated rings. The van der Waals surface area contributed by atoms with E-state index in [0.29, 0.717) is 42.5 Å². The normalized spacial score (nSPS) is 19.6. The van der Waals surface area contributed by atoms with E-state index in [1.54, 1.807) is 35.5 Å². The van der Waals surface area contributed by atoms with Gasteiger partial charge in [0.25, 0.3) is 5.91 Å². The zero-order valence-electron chi connectivity index (χ0n) is 16.5. The van der Waals surface area contributed by atoms with E-state index in [9.17, 15) is 13.2 Å². The lowest BCUT2D eigenvalue weighted by atomic mass is 9.78. The minimum atomic E-state index is -3.55. The van der Waals surface area contributed by atoms with Crippen LogP contribution in [-0.4, -0.2) is 66.4 Å². The molecule has 1 aromatic heterocycles. The van der Waals surface area contributed by atoms with Crippen LogP contribution < -0.4 is 4.74 Å². The molecule has 29 heavy (non-hydrogen) atoms. The molecule has 10 heteroatoms. The maximum absolute atomic E-state index is 13.0. The van der Waals surface area contributed by atoms with Crippen molar-refractivity contribution in [3.8, 4) is 5.75 Å². The van der Waals surface area contributed by atoms with Crippen LogP contribution in [0, 0.1) is 12.3 Å². The average Bonchev–Trinajstić information content (AvgIpc) is 3.34. The van der Waals surface area contributed by atoms with E-state index in [1.807, 2.05) is 4.90 Å². The van der Waals surface area contributed by atoms with E-state index in [1.165, 1.54) is 7.11 Å². The minimum Gasteiger partial charge on any atom is -0.497 e. The minimum absolute atomic E-state index is 0.0118. The Morgan fingerprint density at radius 2 is 1.93 bits per heavy atom. The molecule has 1 spiro atoms.